The number of hydrogen-bond donors (Lipinski definition) is 1. The van der Waals surface area contributed by atoms with E-state index in [1.165, 1.54) is 0 Å². The summed E-state index contributed by atoms with van der Waals surface area (Å²) in [5, 5.41) is 3.87. The van der Waals surface area contributed by atoms with E-state index in [-0.39, 0.29) is 11.9 Å². The number of nitrogens with zero attached hydrogens (tertiary/aromatic N) is 2. The van der Waals surface area contributed by atoms with E-state index >= 15 is 0 Å². The first-order chi connectivity index (χ1) is 7.20. The van der Waals surface area contributed by atoms with Crippen LogP contribution >= 0.6 is 0 Å². The van der Waals surface area contributed by atoms with Gasteiger partial charge < -0.3 is 15.2 Å². The van der Waals surface area contributed by atoms with Crippen molar-refractivity contribution in [3.05, 3.63) is 17.5 Å². The fourth-order valence-corrected chi connectivity index (χ4v) is 1.92. The molecule has 82 valence electrons. The molecule has 5 heteroatoms. The third-order valence-corrected chi connectivity index (χ3v) is 2.73. The summed E-state index contributed by atoms with van der Waals surface area (Å²) >= 11 is 0. The molecule has 0 radical (unpaired) electrons. The molecule has 1 fully saturated rings. The molecule has 2 N–H and O–H groups in total. The lowest BCUT2D eigenvalue weighted by molar-refractivity contribution is -0.129. The highest BCUT2D eigenvalue weighted by atomic mass is 16.5. The molecule has 1 unspecified atom stereocenters. The fourth-order valence-electron chi connectivity index (χ4n) is 1.92. The van der Waals surface area contributed by atoms with Crippen molar-refractivity contribution in [1.82, 2.24) is 10.1 Å². The van der Waals surface area contributed by atoms with Gasteiger partial charge in [0.25, 0.3) is 0 Å². The van der Waals surface area contributed by atoms with Crippen LogP contribution in [0.2, 0.25) is 0 Å². The van der Waals surface area contributed by atoms with Gasteiger partial charge in [0.15, 0.2) is 0 Å². The zero-order valence-electron chi connectivity index (χ0n) is 8.77. The van der Waals surface area contributed by atoms with Crippen LogP contribution in [0.25, 0.3) is 0 Å². The van der Waals surface area contributed by atoms with E-state index in [9.17, 15) is 4.79 Å². The molecule has 0 aliphatic carbocycles. The molecule has 0 bridgehead atoms. The Morgan fingerprint density at radius 1 is 1.73 bits per heavy atom. The van der Waals surface area contributed by atoms with E-state index in [4.69, 9.17) is 10.3 Å². The Morgan fingerprint density at radius 3 is 3.13 bits per heavy atom. The highest BCUT2D eigenvalue weighted by Crippen LogP contribution is 2.20. The topological polar surface area (TPSA) is 72.4 Å². The fraction of sp³-hybridized carbons (Fsp3) is 0.600. The van der Waals surface area contributed by atoms with Gasteiger partial charge in [-0.05, 0) is 13.3 Å². The lowest BCUT2D eigenvalue weighted by atomic mass is 10.2. The molecule has 1 saturated heterocycles. The summed E-state index contributed by atoms with van der Waals surface area (Å²) in [6.45, 7) is 2.86. The molecule has 1 aromatic heterocycles. The molecule has 2 heterocycles. The van der Waals surface area contributed by atoms with Gasteiger partial charge in [0.1, 0.15) is 11.5 Å². The summed E-state index contributed by atoms with van der Waals surface area (Å²) in [5.74, 6) is 0.923. The van der Waals surface area contributed by atoms with Gasteiger partial charge in [-0.1, -0.05) is 5.16 Å². The van der Waals surface area contributed by atoms with Crippen LogP contribution in [-0.2, 0) is 11.3 Å². The van der Waals surface area contributed by atoms with Gasteiger partial charge in [0, 0.05) is 25.1 Å². The van der Waals surface area contributed by atoms with E-state index in [2.05, 4.69) is 5.16 Å². The normalized spacial score (nSPS) is 21.3. The van der Waals surface area contributed by atoms with Gasteiger partial charge in [-0.15, -0.1) is 0 Å². The van der Waals surface area contributed by atoms with Crippen molar-refractivity contribution < 1.29 is 9.32 Å². The number of aryl methyl sites for hydroxylation is 1. The van der Waals surface area contributed by atoms with Crippen molar-refractivity contribution in [3.8, 4) is 0 Å². The molecule has 0 spiro atoms. The Kier molecular flexibility index (Phi) is 2.73. The van der Waals surface area contributed by atoms with Crippen molar-refractivity contribution in [1.29, 1.82) is 0 Å². The molecule has 2 rings (SSSR count). The Balaban J connectivity index is 2.06. The van der Waals surface area contributed by atoms with Crippen molar-refractivity contribution in [2.45, 2.75) is 32.4 Å². The van der Waals surface area contributed by atoms with Gasteiger partial charge in [-0.3, -0.25) is 4.79 Å². The second-order valence-electron chi connectivity index (χ2n) is 3.88. The lowest BCUT2D eigenvalue weighted by Gasteiger charge is -2.22. The average molecular weight is 209 g/mol. The van der Waals surface area contributed by atoms with Crippen molar-refractivity contribution in [3.63, 3.8) is 0 Å². The molecule has 1 aromatic rings. The van der Waals surface area contributed by atoms with E-state index in [0.29, 0.717) is 19.5 Å². The zero-order chi connectivity index (χ0) is 10.8. The number of aromatic nitrogens is 1. The maximum atomic E-state index is 11.6. The molecule has 5 nitrogen and oxygen atoms in total. The number of likely N-dealkylation sites (tertiary alicyclic amines) is 1. The van der Waals surface area contributed by atoms with Crippen molar-refractivity contribution in [2.24, 2.45) is 5.73 Å². The predicted octanol–water partition coefficient (Wildman–Crippen LogP) is 0.433. The number of amides is 1. The zero-order valence-corrected chi connectivity index (χ0v) is 8.77. The molecule has 1 aliphatic rings. The minimum atomic E-state index is 0.158. The maximum Gasteiger partial charge on any atom is 0.223 e. The highest BCUT2D eigenvalue weighted by molar-refractivity contribution is 5.78. The molecular weight excluding hydrogens is 194 g/mol. The highest BCUT2D eigenvalue weighted by Gasteiger charge is 2.30. The summed E-state index contributed by atoms with van der Waals surface area (Å²) in [6.07, 6.45) is 1.45. The third-order valence-electron chi connectivity index (χ3n) is 2.73. The maximum absolute atomic E-state index is 11.6. The second-order valence-corrected chi connectivity index (χ2v) is 3.88. The quantitative estimate of drug-likeness (QED) is 0.783. The first-order valence-electron chi connectivity index (χ1n) is 5.12. The monoisotopic (exact) mass is 209 g/mol. The standard InChI is InChI=1S/C10H15N3O2/c1-7-4-8(12-15-7)6-13-9(5-11)2-3-10(13)14/h4,9H,2-3,5-6,11H2,1H3. The largest absolute Gasteiger partial charge is 0.361 e. The van der Waals surface area contributed by atoms with Gasteiger partial charge in [-0.2, -0.15) is 0 Å². The van der Waals surface area contributed by atoms with E-state index < -0.39 is 0 Å². The molecule has 1 aliphatic heterocycles. The van der Waals surface area contributed by atoms with E-state index in [1.807, 2.05) is 13.0 Å². The van der Waals surface area contributed by atoms with Crippen LogP contribution in [0.5, 0.6) is 0 Å². The lowest BCUT2D eigenvalue weighted by Crippen LogP contribution is -2.37. The SMILES string of the molecule is Cc1cc(CN2C(=O)CCC2CN)no1. The number of hydrogen-bond acceptors (Lipinski definition) is 4. The molecule has 1 amide bonds. The average Bonchev–Trinajstić information content (AvgIpc) is 2.76. The molecule has 15 heavy (non-hydrogen) atoms. The number of carbonyl (C=O) groups is 1. The smallest absolute Gasteiger partial charge is 0.223 e. The minimum absolute atomic E-state index is 0.158. The molecule has 1 atom stereocenters. The van der Waals surface area contributed by atoms with E-state index in [1.54, 1.807) is 4.90 Å². The Labute approximate surface area is 88.2 Å². The van der Waals surface area contributed by atoms with Crippen LogP contribution in [-0.4, -0.2) is 28.6 Å². The number of carbonyl (C=O) groups excluding carboxylic acids is 1. The van der Waals surface area contributed by atoms with Crippen LogP contribution in [0.4, 0.5) is 0 Å². The van der Waals surface area contributed by atoms with Gasteiger partial charge in [0.05, 0.1) is 6.54 Å². The summed E-state index contributed by atoms with van der Waals surface area (Å²) in [5.41, 5.74) is 6.40. The summed E-state index contributed by atoms with van der Waals surface area (Å²) in [4.78, 5) is 13.4. The van der Waals surface area contributed by atoms with Crippen LogP contribution in [0.15, 0.2) is 10.6 Å². The van der Waals surface area contributed by atoms with Gasteiger partial charge >= 0.3 is 0 Å². The summed E-state index contributed by atoms with van der Waals surface area (Å²) < 4.78 is 4.96. The number of rotatable bonds is 3. The third kappa shape index (κ3) is 2.02. The molecule has 0 saturated carbocycles. The molecular formula is C10H15N3O2. The van der Waals surface area contributed by atoms with Crippen LogP contribution in [0.3, 0.4) is 0 Å². The van der Waals surface area contributed by atoms with Crippen LogP contribution < -0.4 is 5.73 Å². The number of nitrogens with two attached hydrogens (primary N) is 1. The first-order valence-corrected chi connectivity index (χ1v) is 5.12. The van der Waals surface area contributed by atoms with Crippen LogP contribution in [0.1, 0.15) is 24.3 Å². The van der Waals surface area contributed by atoms with Crippen LogP contribution in [0, 0.1) is 6.92 Å². The second kappa shape index (κ2) is 4.02. The van der Waals surface area contributed by atoms with E-state index in [0.717, 1.165) is 17.9 Å². The van der Waals surface area contributed by atoms with Gasteiger partial charge in [-0.25, -0.2) is 0 Å². The summed E-state index contributed by atoms with van der Waals surface area (Å²) in [7, 11) is 0. The Bertz CT molecular complexity index is 361. The Morgan fingerprint density at radius 2 is 2.53 bits per heavy atom. The Hall–Kier alpha value is -1.36. The van der Waals surface area contributed by atoms with Crippen molar-refractivity contribution >= 4 is 5.91 Å². The first kappa shape index (κ1) is 10.2. The molecule has 0 aromatic carbocycles. The predicted molar refractivity (Wildman–Crippen MR) is 53.9 cm³/mol. The van der Waals surface area contributed by atoms with Gasteiger partial charge in [0.2, 0.25) is 5.91 Å². The van der Waals surface area contributed by atoms with Crippen molar-refractivity contribution in [2.75, 3.05) is 6.54 Å². The summed E-state index contributed by atoms with van der Waals surface area (Å²) in [6, 6.07) is 2.01. The minimum Gasteiger partial charge on any atom is -0.361 e.